The number of rotatable bonds is 6. The van der Waals surface area contributed by atoms with Gasteiger partial charge in [0.15, 0.2) is 15.8 Å². The molecular weight excluding hydrogens is 407 g/mol. The number of piperazine rings is 1. The van der Waals surface area contributed by atoms with Gasteiger partial charge in [0.05, 0.1) is 17.1 Å². The van der Waals surface area contributed by atoms with E-state index in [1.165, 1.54) is 24.5 Å². The van der Waals surface area contributed by atoms with Gasteiger partial charge in [-0.3, -0.25) is 4.99 Å². The molecule has 0 saturated carbocycles. The van der Waals surface area contributed by atoms with Gasteiger partial charge in [-0.25, -0.2) is 12.8 Å². The Morgan fingerprint density at radius 2 is 1.77 bits per heavy atom. The fourth-order valence-corrected chi connectivity index (χ4v) is 3.94. The smallest absolute Gasteiger partial charge is 0.193 e. The van der Waals surface area contributed by atoms with Crippen LogP contribution in [-0.4, -0.2) is 71.9 Å². The van der Waals surface area contributed by atoms with Gasteiger partial charge in [-0.05, 0) is 36.4 Å². The fourth-order valence-electron chi connectivity index (χ4n) is 3.31. The molecule has 0 unspecified atom stereocenters. The summed E-state index contributed by atoms with van der Waals surface area (Å²) < 4.78 is 42.6. The number of nitrogens with zero attached hydrogens (tertiary/aromatic N) is 3. The van der Waals surface area contributed by atoms with Crippen molar-refractivity contribution >= 4 is 21.5 Å². The number of sulfone groups is 1. The molecule has 0 radical (unpaired) electrons. The van der Waals surface area contributed by atoms with Crippen LogP contribution in [0.1, 0.15) is 0 Å². The van der Waals surface area contributed by atoms with Crippen molar-refractivity contribution in [3.05, 3.63) is 54.3 Å². The fraction of sp³-hybridized carbons (Fsp3) is 0.381. The zero-order chi connectivity index (χ0) is 21.6. The molecular formula is C21H27FN4O3S. The van der Waals surface area contributed by atoms with E-state index < -0.39 is 9.84 Å². The summed E-state index contributed by atoms with van der Waals surface area (Å²) in [6.07, 6.45) is 1.18. The van der Waals surface area contributed by atoms with Crippen LogP contribution in [0.2, 0.25) is 0 Å². The number of halogens is 1. The minimum Gasteiger partial charge on any atom is -0.492 e. The van der Waals surface area contributed by atoms with Crippen molar-refractivity contribution in [3.63, 3.8) is 0 Å². The summed E-state index contributed by atoms with van der Waals surface area (Å²) in [5, 5.41) is 3.27. The summed E-state index contributed by atoms with van der Waals surface area (Å²) in [5.41, 5.74) is 0.635. The zero-order valence-corrected chi connectivity index (χ0v) is 18.0. The van der Waals surface area contributed by atoms with Crippen molar-refractivity contribution in [2.24, 2.45) is 4.99 Å². The minimum atomic E-state index is -3.21. The van der Waals surface area contributed by atoms with Gasteiger partial charge >= 0.3 is 0 Å². The highest BCUT2D eigenvalue weighted by Crippen LogP contribution is 2.20. The predicted octanol–water partition coefficient (Wildman–Crippen LogP) is 2.01. The summed E-state index contributed by atoms with van der Waals surface area (Å²) in [6.45, 7) is 3.86. The van der Waals surface area contributed by atoms with Gasteiger partial charge in [0.25, 0.3) is 0 Å². The molecule has 0 spiro atoms. The third-order valence-electron chi connectivity index (χ3n) is 4.89. The molecule has 2 aromatic rings. The van der Waals surface area contributed by atoms with Crippen LogP contribution < -0.4 is 15.0 Å². The number of aliphatic imine (C=N–C) groups is 1. The van der Waals surface area contributed by atoms with Crippen LogP contribution in [-0.2, 0) is 9.84 Å². The van der Waals surface area contributed by atoms with E-state index >= 15 is 0 Å². The second-order valence-electron chi connectivity index (χ2n) is 6.99. The first-order valence-electron chi connectivity index (χ1n) is 9.76. The molecule has 2 aromatic carbocycles. The molecule has 1 aliphatic heterocycles. The van der Waals surface area contributed by atoms with Gasteiger partial charge in [0, 0.05) is 39.5 Å². The standard InChI is InChI=1S/C21H27FN4O3S/c1-23-21(24-11-16-29-17-7-9-18(10-8-17)30(2,27)28)26-14-12-25(13-15-26)20-6-4-3-5-19(20)22/h3-10H,11-16H2,1-2H3,(H,23,24). The average molecular weight is 435 g/mol. The van der Waals surface area contributed by atoms with Crippen LogP contribution in [0, 0.1) is 5.82 Å². The average Bonchev–Trinajstić information content (AvgIpc) is 2.74. The number of anilines is 1. The maximum atomic E-state index is 14.0. The number of guanidine groups is 1. The molecule has 0 bridgehead atoms. The van der Waals surface area contributed by atoms with Crippen LogP contribution in [0.25, 0.3) is 0 Å². The van der Waals surface area contributed by atoms with Crippen molar-refractivity contribution in [2.45, 2.75) is 4.90 Å². The lowest BCUT2D eigenvalue weighted by Gasteiger charge is -2.37. The molecule has 1 saturated heterocycles. The van der Waals surface area contributed by atoms with E-state index in [-0.39, 0.29) is 10.7 Å². The Kier molecular flexibility index (Phi) is 7.15. The number of ether oxygens (including phenoxy) is 1. The normalized spacial score (nSPS) is 15.2. The highest BCUT2D eigenvalue weighted by molar-refractivity contribution is 7.90. The molecule has 1 fully saturated rings. The number of hydrogen-bond acceptors (Lipinski definition) is 5. The van der Waals surface area contributed by atoms with Crippen LogP contribution >= 0.6 is 0 Å². The van der Waals surface area contributed by atoms with Gasteiger partial charge in [-0.15, -0.1) is 0 Å². The molecule has 1 heterocycles. The van der Waals surface area contributed by atoms with Crippen LogP contribution in [0.15, 0.2) is 58.4 Å². The highest BCUT2D eigenvalue weighted by Gasteiger charge is 2.21. The molecule has 30 heavy (non-hydrogen) atoms. The molecule has 162 valence electrons. The van der Waals surface area contributed by atoms with Crippen molar-refractivity contribution in [1.29, 1.82) is 0 Å². The van der Waals surface area contributed by atoms with Gasteiger partial charge in [0.1, 0.15) is 18.2 Å². The Balaban J connectivity index is 1.44. The van der Waals surface area contributed by atoms with E-state index in [9.17, 15) is 12.8 Å². The Morgan fingerprint density at radius 3 is 2.37 bits per heavy atom. The first-order valence-corrected chi connectivity index (χ1v) is 11.7. The topological polar surface area (TPSA) is 74.2 Å². The maximum absolute atomic E-state index is 14.0. The van der Waals surface area contributed by atoms with Gasteiger partial charge in [-0.2, -0.15) is 0 Å². The molecule has 1 aliphatic rings. The van der Waals surface area contributed by atoms with Crippen molar-refractivity contribution < 1.29 is 17.5 Å². The Bertz CT molecular complexity index is 972. The van der Waals surface area contributed by atoms with Gasteiger partial charge in [0.2, 0.25) is 0 Å². The third kappa shape index (κ3) is 5.63. The van der Waals surface area contributed by atoms with Crippen LogP contribution in [0.5, 0.6) is 5.75 Å². The van der Waals surface area contributed by atoms with Crippen molar-refractivity contribution in [2.75, 3.05) is 57.5 Å². The highest BCUT2D eigenvalue weighted by atomic mass is 32.2. The van der Waals surface area contributed by atoms with E-state index in [1.807, 2.05) is 11.0 Å². The molecule has 3 rings (SSSR count). The Labute approximate surface area is 177 Å². The minimum absolute atomic E-state index is 0.199. The zero-order valence-electron chi connectivity index (χ0n) is 17.2. The van der Waals surface area contributed by atoms with E-state index in [2.05, 4.69) is 15.2 Å². The Morgan fingerprint density at radius 1 is 1.10 bits per heavy atom. The van der Waals surface area contributed by atoms with Crippen LogP contribution in [0.3, 0.4) is 0 Å². The number of benzene rings is 2. The Hall–Kier alpha value is -2.81. The third-order valence-corrected chi connectivity index (χ3v) is 6.02. The van der Waals surface area contributed by atoms with Crippen molar-refractivity contribution in [1.82, 2.24) is 10.2 Å². The largest absolute Gasteiger partial charge is 0.492 e. The summed E-state index contributed by atoms with van der Waals surface area (Å²) in [6, 6.07) is 13.2. The lowest BCUT2D eigenvalue weighted by Crippen LogP contribution is -2.53. The first-order chi connectivity index (χ1) is 14.4. The van der Waals surface area contributed by atoms with Gasteiger partial charge < -0.3 is 19.9 Å². The lowest BCUT2D eigenvalue weighted by atomic mass is 10.2. The van der Waals surface area contributed by atoms with E-state index in [1.54, 1.807) is 31.3 Å². The summed E-state index contributed by atoms with van der Waals surface area (Å²) in [4.78, 5) is 8.77. The summed E-state index contributed by atoms with van der Waals surface area (Å²) in [5.74, 6) is 1.19. The predicted molar refractivity (Wildman–Crippen MR) is 117 cm³/mol. The SMILES string of the molecule is CN=C(NCCOc1ccc(S(C)(=O)=O)cc1)N1CCN(c2ccccc2F)CC1. The number of hydrogen-bond donors (Lipinski definition) is 1. The summed E-state index contributed by atoms with van der Waals surface area (Å²) >= 11 is 0. The number of para-hydroxylation sites is 1. The monoisotopic (exact) mass is 434 g/mol. The molecule has 1 N–H and O–H groups in total. The molecule has 7 nitrogen and oxygen atoms in total. The quantitative estimate of drug-likeness (QED) is 0.426. The molecule has 0 atom stereocenters. The molecule has 0 aromatic heterocycles. The molecule has 9 heteroatoms. The summed E-state index contributed by atoms with van der Waals surface area (Å²) in [7, 11) is -1.48. The van der Waals surface area contributed by atoms with Crippen molar-refractivity contribution in [3.8, 4) is 5.75 Å². The van der Waals surface area contributed by atoms with Crippen LogP contribution in [0.4, 0.5) is 10.1 Å². The van der Waals surface area contributed by atoms with E-state index in [0.29, 0.717) is 37.7 Å². The first kappa shape index (κ1) is 21.9. The van der Waals surface area contributed by atoms with E-state index in [4.69, 9.17) is 4.74 Å². The van der Waals surface area contributed by atoms with E-state index in [0.717, 1.165) is 19.0 Å². The lowest BCUT2D eigenvalue weighted by molar-refractivity contribution is 0.314. The van der Waals surface area contributed by atoms with Gasteiger partial charge in [-0.1, -0.05) is 12.1 Å². The maximum Gasteiger partial charge on any atom is 0.193 e. The second-order valence-corrected chi connectivity index (χ2v) is 9.01. The molecule has 0 aliphatic carbocycles. The molecule has 0 amide bonds. The second kappa shape index (κ2) is 9.80. The number of nitrogens with one attached hydrogen (secondary N) is 1.